The Labute approximate surface area is 110 Å². The van der Waals surface area contributed by atoms with Crippen molar-refractivity contribution in [3.8, 4) is 0 Å². The van der Waals surface area contributed by atoms with E-state index >= 15 is 0 Å². The van der Waals surface area contributed by atoms with Gasteiger partial charge in [0.15, 0.2) is 10.3 Å². The molecule has 0 radical (unpaired) electrons. The van der Waals surface area contributed by atoms with E-state index in [0.29, 0.717) is 19.8 Å². The summed E-state index contributed by atoms with van der Waals surface area (Å²) < 4.78 is 5.16. The molecule has 17 heavy (non-hydrogen) atoms. The van der Waals surface area contributed by atoms with Gasteiger partial charge in [-0.2, -0.15) is 0 Å². The first-order valence-corrected chi connectivity index (χ1v) is 5.83. The first-order chi connectivity index (χ1) is 8.06. The van der Waals surface area contributed by atoms with Gasteiger partial charge >= 0.3 is 0 Å². The molecular weight excluding hydrogens is 265 g/mol. The standard InChI is InChI=1S/C10H13Cl2N3O2/c1-3-17-5-4-15(2)10(16)7-6-8(11)13-14-9(7)12/h6H,3-5H2,1-2H3. The van der Waals surface area contributed by atoms with Gasteiger partial charge in [0.05, 0.1) is 12.2 Å². The van der Waals surface area contributed by atoms with Gasteiger partial charge in [-0.3, -0.25) is 4.79 Å². The Morgan fingerprint density at radius 3 is 2.82 bits per heavy atom. The molecule has 0 aliphatic rings. The minimum atomic E-state index is -0.258. The Balaban J connectivity index is 2.71. The Morgan fingerprint density at radius 2 is 2.18 bits per heavy atom. The number of hydrogen-bond donors (Lipinski definition) is 0. The van der Waals surface area contributed by atoms with Crippen LogP contribution >= 0.6 is 23.2 Å². The van der Waals surface area contributed by atoms with Crippen molar-refractivity contribution in [1.29, 1.82) is 0 Å². The van der Waals surface area contributed by atoms with Crippen LogP contribution in [-0.4, -0.2) is 47.8 Å². The predicted octanol–water partition coefficient (Wildman–Crippen LogP) is 1.89. The maximum absolute atomic E-state index is 12.0. The second-order valence-electron chi connectivity index (χ2n) is 3.30. The molecule has 94 valence electrons. The first-order valence-electron chi connectivity index (χ1n) is 5.08. The lowest BCUT2D eigenvalue weighted by Crippen LogP contribution is -2.30. The van der Waals surface area contributed by atoms with E-state index in [1.807, 2.05) is 6.92 Å². The summed E-state index contributed by atoms with van der Waals surface area (Å²) in [4.78, 5) is 13.5. The van der Waals surface area contributed by atoms with Crippen LogP contribution in [0.3, 0.4) is 0 Å². The fourth-order valence-corrected chi connectivity index (χ4v) is 1.48. The molecule has 1 aromatic rings. The number of rotatable bonds is 5. The van der Waals surface area contributed by atoms with Crippen molar-refractivity contribution >= 4 is 29.1 Å². The normalized spacial score (nSPS) is 10.4. The third-order valence-corrected chi connectivity index (χ3v) is 2.54. The van der Waals surface area contributed by atoms with Crippen LogP contribution in [0.2, 0.25) is 10.3 Å². The maximum Gasteiger partial charge on any atom is 0.256 e. The van der Waals surface area contributed by atoms with E-state index in [4.69, 9.17) is 27.9 Å². The average Bonchev–Trinajstić information content (AvgIpc) is 2.31. The van der Waals surface area contributed by atoms with Gasteiger partial charge in [0.25, 0.3) is 5.91 Å². The lowest BCUT2D eigenvalue weighted by Gasteiger charge is -2.17. The highest BCUT2D eigenvalue weighted by atomic mass is 35.5. The number of hydrogen-bond acceptors (Lipinski definition) is 4. The zero-order valence-corrected chi connectivity index (χ0v) is 11.1. The molecule has 0 aliphatic heterocycles. The topological polar surface area (TPSA) is 55.3 Å². The molecule has 0 saturated carbocycles. The number of ether oxygens (including phenoxy) is 1. The third kappa shape index (κ3) is 4.11. The van der Waals surface area contributed by atoms with Crippen LogP contribution in [0.5, 0.6) is 0 Å². The van der Waals surface area contributed by atoms with Crippen LogP contribution < -0.4 is 0 Å². The Morgan fingerprint density at radius 1 is 1.47 bits per heavy atom. The molecule has 0 aromatic carbocycles. The SMILES string of the molecule is CCOCCN(C)C(=O)c1cc(Cl)nnc1Cl. The zero-order chi connectivity index (χ0) is 12.8. The third-order valence-electron chi connectivity index (χ3n) is 2.07. The van der Waals surface area contributed by atoms with Gasteiger partial charge in [0.1, 0.15) is 0 Å². The predicted molar refractivity (Wildman–Crippen MR) is 65.5 cm³/mol. The monoisotopic (exact) mass is 277 g/mol. The second-order valence-corrected chi connectivity index (χ2v) is 4.04. The van der Waals surface area contributed by atoms with Gasteiger partial charge in [0.2, 0.25) is 0 Å². The molecule has 5 nitrogen and oxygen atoms in total. The Kier molecular flexibility index (Phi) is 5.61. The largest absolute Gasteiger partial charge is 0.380 e. The Hall–Kier alpha value is -0.910. The van der Waals surface area contributed by atoms with Crippen LogP contribution in [0.25, 0.3) is 0 Å². The van der Waals surface area contributed by atoms with Crippen LogP contribution in [0.15, 0.2) is 6.07 Å². The van der Waals surface area contributed by atoms with Gasteiger partial charge in [-0.05, 0) is 13.0 Å². The van der Waals surface area contributed by atoms with Gasteiger partial charge in [0, 0.05) is 20.2 Å². The summed E-state index contributed by atoms with van der Waals surface area (Å²) >= 11 is 11.5. The molecule has 0 spiro atoms. The smallest absolute Gasteiger partial charge is 0.256 e. The van der Waals surface area contributed by atoms with Crippen LogP contribution in [0.4, 0.5) is 0 Å². The molecular formula is C10H13Cl2N3O2. The number of halogens is 2. The number of amides is 1. The van der Waals surface area contributed by atoms with E-state index in [-0.39, 0.29) is 21.8 Å². The average molecular weight is 278 g/mol. The molecule has 0 unspecified atom stereocenters. The summed E-state index contributed by atoms with van der Waals surface area (Å²) in [6.45, 7) is 3.46. The number of nitrogens with zero attached hydrogens (tertiary/aromatic N) is 3. The minimum Gasteiger partial charge on any atom is -0.380 e. The van der Waals surface area contributed by atoms with Crippen molar-refractivity contribution in [1.82, 2.24) is 15.1 Å². The summed E-state index contributed by atoms with van der Waals surface area (Å²) in [5.74, 6) is -0.258. The van der Waals surface area contributed by atoms with Crippen molar-refractivity contribution in [2.75, 3.05) is 26.8 Å². The van der Waals surface area contributed by atoms with Crippen molar-refractivity contribution in [3.05, 3.63) is 21.9 Å². The highest BCUT2D eigenvalue weighted by Crippen LogP contribution is 2.16. The molecule has 0 aliphatic carbocycles. The van der Waals surface area contributed by atoms with E-state index in [9.17, 15) is 4.79 Å². The molecule has 0 bridgehead atoms. The molecule has 1 amide bonds. The van der Waals surface area contributed by atoms with Crippen LogP contribution in [0, 0.1) is 0 Å². The second kappa shape index (κ2) is 6.74. The molecule has 0 saturated heterocycles. The number of carbonyl (C=O) groups excluding carboxylic acids is 1. The molecule has 1 aromatic heterocycles. The lowest BCUT2D eigenvalue weighted by molar-refractivity contribution is 0.0709. The molecule has 1 heterocycles. The van der Waals surface area contributed by atoms with E-state index < -0.39 is 0 Å². The molecule has 7 heteroatoms. The molecule has 1 rings (SSSR count). The lowest BCUT2D eigenvalue weighted by atomic mass is 10.3. The Bertz CT molecular complexity index is 401. The highest BCUT2D eigenvalue weighted by Gasteiger charge is 2.17. The van der Waals surface area contributed by atoms with Crippen LogP contribution in [-0.2, 0) is 4.74 Å². The van der Waals surface area contributed by atoms with Crippen molar-refractivity contribution < 1.29 is 9.53 Å². The van der Waals surface area contributed by atoms with Gasteiger partial charge < -0.3 is 9.64 Å². The molecule has 0 fully saturated rings. The summed E-state index contributed by atoms with van der Waals surface area (Å²) in [7, 11) is 1.66. The molecule has 0 N–H and O–H groups in total. The van der Waals surface area contributed by atoms with Crippen molar-refractivity contribution in [2.45, 2.75) is 6.92 Å². The summed E-state index contributed by atoms with van der Waals surface area (Å²) in [5.41, 5.74) is 0.241. The summed E-state index contributed by atoms with van der Waals surface area (Å²) in [6, 6.07) is 1.40. The number of likely N-dealkylation sites (N-methyl/N-ethyl adjacent to an activating group) is 1. The quantitative estimate of drug-likeness (QED) is 0.772. The van der Waals surface area contributed by atoms with Gasteiger partial charge in [-0.25, -0.2) is 0 Å². The van der Waals surface area contributed by atoms with Crippen molar-refractivity contribution in [2.24, 2.45) is 0 Å². The zero-order valence-electron chi connectivity index (χ0n) is 9.61. The highest BCUT2D eigenvalue weighted by molar-refractivity contribution is 6.34. The summed E-state index contributed by atoms with van der Waals surface area (Å²) in [5, 5.41) is 7.31. The van der Waals surface area contributed by atoms with Crippen LogP contribution in [0.1, 0.15) is 17.3 Å². The fraction of sp³-hybridized carbons (Fsp3) is 0.500. The first kappa shape index (κ1) is 14.2. The maximum atomic E-state index is 12.0. The molecule has 0 atom stereocenters. The van der Waals surface area contributed by atoms with Crippen molar-refractivity contribution in [3.63, 3.8) is 0 Å². The van der Waals surface area contributed by atoms with E-state index in [2.05, 4.69) is 10.2 Å². The van der Waals surface area contributed by atoms with Gasteiger partial charge in [-0.15, -0.1) is 10.2 Å². The van der Waals surface area contributed by atoms with E-state index in [0.717, 1.165) is 0 Å². The fourth-order valence-electron chi connectivity index (χ4n) is 1.16. The minimum absolute atomic E-state index is 0.0441. The van der Waals surface area contributed by atoms with Gasteiger partial charge in [-0.1, -0.05) is 23.2 Å². The van der Waals surface area contributed by atoms with E-state index in [1.54, 1.807) is 7.05 Å². The summed E-state index contributed by atoms with van der Waals surface area (Å²) in [6.07, 6.45) is 0. The van der Waals surface area contributed by atoms with E-state index in [1.165, 1.54) is 11.0 Å². The number of carbonyl (C=O) groups is 1. The number of aromatic nitrogens is 2.